The van der Waals surface area contributed by atoms with Gasteiger partial charge in [-0.2, -0.15) is 0 Å². The van der Waals surface area contributed by atoms with Gasteiger partial charge < -0.3 is 5.11 Å². The highest BCUT2D eigenvalue weighted by Gasteiger charge is 2.50. The molecule has 4 rings (SSSR count). The number of aliphatic hydroxyl groups is 1. The van der Waals surface area contributed by atoms with E-state index < -0.39 is 6.10 Å². The highest BCUT2D eigenvalue weighted by atomic mass is 16.3. The molecule has 1 aromatic heterocycles. The number of fused-ring (bicyclic) bond motifs is 3. The summed E-state index contributed by atoms with van der Waals surface area (Å²) in [4.78, 5) is 6.85. The topological polar surface area (TPSA) is 36.4 Å². The first-order valence-electron chi connectivity index (χ1n) is 7.10. The number of pyridine rings is 1. The predicted octanol–water partition coefficient (Wildman–Crippen LogP) is 2.38. The Morgan fingerprint density at radius 3 is 2.83 bits per heavy atom. The third kappa shape index (κ3) is 1.77. The Hall–Kier alpha value is -0.930. The van der Waals surface area contributed by atoms with E-state index in [0.29, 0.717) is 0 Å². The first kappa shape index (κ1) is 12.1. The average Bonchev–Trinajstić information content (AvgIpc) is 2.48. The molecule has 1 unspecified atom stereocenters. The number of likely N-dealkylation sites (N-methyl/N-ethyl adjacent to an activating group) is 1. The lowest BCUT2D eigenvalue weighted by Gasteiger charge is -2.56. The van der Waals surface area contributed by atoms with Gasteiger partial charge in [-0.05, 0) is 50.3 Å². The summed E-state index contributed by atoms with van der Waals surface area (Å²) >= 11 is 0. The molecule has 0 aromatic carbocycles. The molecule has 98 valence electrons. The third-order valence-corrected chi connectivity index (χ3v) is 4.94. The zero-order valence-electron chi connectivity index (χ0n) is 11.0. The van der Waals surface area contributed by atoms with Gasteiger partial charge in [0.15, 0.2) is 0 Å². The largest absolute Gasteiger partial charge is 0.385 e. The molecule has 2 bridgehead atoms. The van der Waals surface area contributed by atoms with E-state index in [9.17, 15) is 5.11 Å². The van der Waals surface area contributed by atoms with Crippen LogP contribution in [0.15, 0.2) is 24.4 Å². The second-order valence-corrected chi connectivity index (χ2v) is 5.74. The van der Waals surface area contributed by atoms with Crippen LogP contribution in [-0.4, -0.2) is 33.6 Å². The molecule has 2 aliphatic heterocycles. The SMILES string of the molecule is CCN1CC2CCC1(C(O)c1ccccn1)CC2. The molecule has 1 atom stereocenters. The van der Waals surface area contributed by atoms with E-state index in [1.807, 2.05) is 18.2 Å². The van der Waals surface area contributed by atoms with E-state index in [0.717, 1.165) is 37.5 Å². The van der Waals surface area contributed by atoms with Gasteiger partial charge in [-0.25, -0.2) is 0 Å². The number of aliphatic hydroxyl groups excluding tert-OH is 1. The first-order valence-corrected chi connectivity index (χ1v) is 7.10. The number of piperidine rings is 2. The van der Waals surface area contributed by atoms with Gasteiger partial charge >= 0.3 is 0 Å². The summed E-state index contributed by atoms with van der Waals surface area (Å²) in [6.45, 7) is 4.38. The minimum Gasteiger partial charge on any atom is -0.385 e. The Labute approximate surface area is 109 Å². The Morgan fingerprint density at radius 2 is 2.22 bits per heavy atom. The van der Waals surface area contributed by atoms with Crippen LogP contribution in [0, 0.1) is 5.92 Å². The van der Waals surface area contributed by atoms with E-state index in [1.165, 1.54) is 12.8 Å². The van der Waals surface area contributed by atoms with Crippen molar-refractivity contribution >= 4 is 0 Å². The Morgan fingerprint density at radius 1 is 1.44 bits per heavy atom. The lowest BCUT2D eigenvalue weighted by molar-refractivity contribution is -0.109. The van der Waals surface area contributed by atoms with E-state index in [2.05, 4.69) is 16.8 Å². The second-order valence-electron chi connectivity index (χ2n) is 5.74. The summed E-state index contributed by atoms with van der Waals surface area (Å²) in [7, 11) is 0. The van der Waals surface area contributed by atoms with Crippen molar-refractivity contribution in [2.24, 2.45) is 5.92 Å². The number of aromatic nitrogens is 1. The summed E-state index contributed by atoms with van der Waals surface area (Å²) in [6.07, 6.45) is 6.09. The van der Waals surface area contributed by atoms with Crippen LogP contribution in [0.1, 0.15) is 44.4 Å². The molecular formula is C15H22N2O. The molecule has 0 radical (unpaired) electrons. The Kier molecular flexibility index (Phi) is 3.12. The van der Waals surface area contributed by atoms with Gasteiger partial charge in [0.2, 0.25) is 0 Å². The van der Waals surface area contributed by atoms with E-state index in [-0.39, 0.29) is 5.54 Å². The minimum atomic E-state index is -0.445. The average molecular weight is 246 g/mol. The molecule has 3 aliphatic rings. The molecular weight excluding hydrogens is 224 g/mol. The van der Waals surface area contributed by atoms with Crippen LogP contribution in [0.4, 0.5) is 0 Å². The zero-order valence-corrected chi connectivity index (χ0v) is 11.0. The normalized spacial score (nSPS) is 33.6. The molecule has 0 amide bonds. The molecule has 1 aromatic rings. The van der Waals surface area contributed by atoms with Crippen LogP contribution in [0.5, 0.6) is 0 Å². The fourth-order valence-corrected chi connectivity index (χ4v) is 3.87. The summed E-state index contributed by atoms with van der Waals surface area (Å²) < 4.78 is 0. The molecule has 1 saturated carbocycles. The highest BCUT2D eigenvalue weighted by molar-refractivity contribution is 5.16. The van der Waals surface area contributed by atoms with Crippen LogP contribution < -0.4 is 0 Å². The third-order valence-electron chi connectivity index (χ3n) is 4.94. The maximum absolute atomic E-state index is 10.8. The van der Waals surface area contributed by atoms with Crippen molar-refractivity contribution < 1.29 is 5.11 Å². The van der Waals surface area contributed by atoms with Crippen LogP contribution in [0.3, 0.4) is 0 Å². The highest BCUT2D eigenvalue weighted by Crippen LogP contribution is 2.49. The number of hydrogen-bond acceptors (Lipinski definition) is 3. The van der Waals surface area contributed by atoms with Crippen molar-refractivity contribution in [3.8, 4) is 0 Å². The van der Waals surface area contributed by atoms with Crippen molar-refractivity contribution in [2.45, 2.75) is 44.2 Å². The molecule has 1 aliphatic carbocycles. The van der Waals surface area contributed by atoms with Crippen molar-refractivity contribution in [1.29, 1.82) is 0 Å². The molecule has 3 heterocycles. The van der Waals surface area contributed by atoms with Gasteiger partial charge in [-0.1, -0.05) is 13.0 Å². The predicted molar refractivity (Wildman–Crippen MR) is 71.1 cm³/mol. The molecule has 3 fully saturated rings. The zero-order chi connectivity index (χ0) is 12.6. The second kappa shape index (κ2) is 4.63. The van der Waals surface area contributed by atoms with Crippen molar-refractivity contribution in [1.82, 2.24) is 9.88 Å². The van der Waals surface area contributed by atoms with Gasteiger partial charge in [0.25, 0.3) is 0 Å². The lowest BCUT2D eigenvalue weighted by atomic mass is 9.67. The summed E-state index contributed by atoms with van der Waals surface area (Å²) in [5, 5.41) is 10.8. The number of hydrogen-bond donors (Lipinski definition) is 1. The summed E-state index contributed by atoms with van der Waals surface area (Å²) in [5.41, 5.74) is 0.772. The Balaban J connectivity index is 1.92. The van der Waals surface area contributed by atoms with E-state index >= 15 is 0 Å². The van der Waals surface area contributed by atoms with Gasteiger partial charge in [0.1, 0.15) is 6.10 Å². The Bertz CT molecular complexity index is 398. The van der Waals surface area contributed by atoms with Gasteiger partial charge in [-0.3, -0.25) is 9.88 Å². The fraction of sp³-hybridized carbons (Fsp3) is 0.667. The van der Waals surface area contributed by atoms with Gasteiger partial charge in [-0.15, -0.1) is 0 Å². The van der Waals surface area contributed by atoms with Gasteiger partial charge in [0, 0.05) is 12.7 Å². The summed E-state index contributed by atoms with van der Waals surface area (Å²) in [5.74, 6) is 0.850. The standard InChI is InChI=1S/C15H22N2O/c1-2-17-11-12-6-8-15(17,9-7-12)14(18)13-5-3-4-10-16-13/h3-5,10,12,14,18H,2,6-9,11H2,1H3. The minimum absolute atomic E-state index is 0.0577. The number of rotatable bonds is 3. The lowest BCUT2D eigenvalue weighted by Crippen LogP contribution is -2.61. The molecule has 1 N–H and O–H groups in total. The maximum Gasteiger partial charge on any atom is 0.114 e. The van der Waals surface area contributed by atoms with Crippen molar-refractivity contribution in [3.63, 3.8) is 0 Å². The van der Waals surface area contributed by atoms with Gasteiger partial charge in [0.05, 0.1) is 11.2 Å². The molecule has 3 nitrogen and oxygen atoms in total. The van der Waals surface area contributed by atoms with Crippen LogP contribution in [0.25, 0.3) is 0 Å². The fourth-order valence-electron chi connectivity index (χ4n) is 3.87. The summed E-state index contributed by atoms with van der Waals surface area (Å²) in [6, 6.07) is 5.82. The van der Waals surface area contributed by atoms with Crippen LogP contribution in [-0.2, 0) is 0 Å². The molecule has 2 saturated heterocycles. The number of nitrogens with zero attached hydrogens (tertiary/aromatic N) is 2. The van der Waals surface area contributed by atoms with Crippen LogP contribution in [0.2, 0.25) is 0 Å². The van der Waals surface area contributed by atoms with Crippen LogP contribution >= 0.6 is 0 Å². The maximum atomic E-state index is 10.8. The monoisotopic (exact) mass is 246 g/mol. The molecule has 3 heteroatoms. The van der Waals surface area contributed by atoms with Crippen molar-refractivity contribution in [3.05, 3.63) is 30.1 Å². The molecule has 18 heavy (non-hydrogen) atoms. The van der Waals surface area contributed by atoms with E-state index in [1.54, 1.807) is 6.20 Å². The van der Waals surface area contributed by atoms with Crippen molar-refractivity contribution in [2.75, 3.05) is 13.1 Å². The molecule has 0 spiro atoms. The smallest absolute Gasteiger partial charge is 0.114 e. The quantitative estimate of drug-likeness (QED) is 0.889. The first-order chi connectivity index (χ1) is 8.76. The van der Waals surface area contributed by atoms with E-state index in [4.69, 9.17) is 0 Å².